The molecule has 1 aromatic carbocycles. The highest BCUT2D eigenvalue weighted by Gasteiger charge is 2.23. The Kier molecular flexibility index (Phi) is 5.33. The summed E-state index contributed by atoms with van der Waals surface area (Å²) in [6.07, 6.45) is 2.09. The number of para-hydroxylation sites is 1. The van der Waals surface area contributed by atoms with Gasteiger partial charge in [0.05, 0.1) is 11.4 Å². The molecule has 4 heteroatoms. The van der Waals surface area contributed by atoms with Gasteiger partial charge in [0.1, 0.15) is 0 Å². The van der Waals surface area contributed by atoms with E-state index in [0.717, 1.165) is 29.7 Å². The van der Waals surface area contributed by atoms with Crippen molar-refractivity contribution in [3.63, 3.8) is 0 Å². The fourth-order valence-corrected chi connectivity index (χ4v) is 4.70. The maximum absolute atomic E-state index is 3.74. The molecule has 4 N–H and O–H groups in total. The molecule has 4 nitrogen and oxygen atoms in total. The summed E-state index contributed by atoms with van der Waals surface area (Å²) in [5.41, 5.74) is 13.5. The second-order valence-corrected chi connectivity index (χ2v) is 8.26. The van der Waals surface area contributed by atoms with Crippen LogP contribution in [0.4, 0.5) is 5.69 Å². The van der Waals surface area contributed by atoms with Gasteiger partial charge < -0.3 is 20.3 Å². The Morgan fingerprint density at radius 3 is 2.07 bits per heavy atom. The number of aryl methyl sites for hydroxylation is 4. The number of allylic oxidation sites excluding steroid dienone is 1. The van der Waals surface area contributed by atoms with Gasteiger partial charge in [-0.2, -0.15) is 0 Å². The molecule has 0 saturated heterocycles. The van der Waals surface area contributed by atoms with Crippen molar-refractivity contribution in [3.05, 3.63) is 76.0 Å². The van der Waals surface area contributed by atoms with E-state index in [1.807, 2.05) is 7.05 Å². The molecule has 0 spiro atoms. The summed E-state index contributed by atoms with van der Waals surface area (Å²) in [5, 5.41) is 4.70. The highest BCUT2D eigenvalue weighted by Crippen LogP contribution is 2.42. The Balaban J connectivity index is 2.13. The fraction of sp³-hybridized carbons (Fsp3) is 0.308. The van der Waals surface area contributed by atoms with E-state index >= 15 is 0 Å². The lowest BCUT2D eigenvalue weighted by Gasteiger charge is -2.17. The van der Waals surface area contributed by atoms with E-state index in [-0.39, 0.29) is 0 Å². The minimum Gasteiger partial charge on any atom is -0.386 e. The molecule has 0 unspecified atom stereocenters. The lowest BCUT2D eigenvalue weighted by atomic mass is 9.89. The Morgan fingerprint density at radius 2 is 1.50 bits per heavy atom. The van der Waals surface area contributed by atoms with Crippen LogP contribution in [0.3, 0.4) is 0 Å². The zero-order valence-corrected chi connectivity index (χ0v) is 18.9. The minimum atomic E-state index is 1.01. The van der Waals surface area contributed by atoms with Crippen molar-refractivity contribution in [2.24, 2.45) is 0 Å². The molecule has 4 aromatic rings. The van der Waals surface area contributed by atoms with Crippen molar-refractivity contribution >= 4 is 27.7 Å². The van der Waals surface area contributed by atoms with Crippen LogP contribution in [-0.2, 0) is 0 Å². The molecular formula is C26H32N4. The topological polar surface area (TPSA) is 59.4 Å². The summed E-state index contributed by atoms with van der Waals surface area (Å²) in [6.45, 7) is 10.9. The largest absolute Gasteiger partial charge is 0.386 e. The van der Waals surface area contributed by atoms with Crippen LogP contribution in [0.2, 0.25) is 0 Å². The number of benzene rings is 1. The highest BCUT2D eigenvalue weighted by molar-refractivity contribution is 6.08. The van der Waals surface area contributed by atoms with Crippen LogP contribution in [0.5, 0.6) is 0 Å². The second-order valence-electron chi connectivity index (χ2n) is 8.26. The molecule has 30 heavy (non-hydrogen) atoms. The normalized spacial score (nSPS) is 12.5. The lowest BCUT2D eigenvalue weighted by molar-refractivity contribution is 0.972. The number of anilines is 1. The standard InChI is InChI=1S/C26H32N4/c1-7-10-19(21-13-15(2)28-17(21)4)24(22-14-16(3)29-18(22)5)26-25(27-6)20-11-8-9-12-23(20)30-26/h8-9,11-14,27-30H,7,10H2,1-6H3/b24-19+. The summed E-state index contributed by atoms with van der Waals surface area (Å²) in [4.78, 5) is 10.8. The Bertz CT molecular complexity index is 1230. The Labute approximate surface area is 178 Å². The summed E-state index contributed by atoms with van der Waals surface area (Å²) in [7, 11) is 2.01. The second kappa shape index (κ2) is 7.94. The molecular weight excluding hydrogens is 368 g/mol. The van der Waals surface area contributed by atoms with Crippen LogP contribution in [0, 0.1) is 27.7 Å². The SMILES string of the molecule is CCC/C(=C(/c1cc(C)[nH]c1C)c1[nH]c2ccccc2c1NC)c1cc(C)[nH]c1C. The maximum atomic E-state index is 3.74. The van der Waals surface area contributed by atoms with E-state index in [1.54, 1.807) is 0 Å². The van der Waals surface area contributed by atoms with Crippen LogP contribution in [0.1, 0.15) is 59.4 Å². The molecule has 3 aromatic heterocycles. The van der Waals surface area contributed by atoms with Crippen molar-refractivity contribution in [3.8, 4) is 0 Å². The number of fused-ring (bicyclic) bond motifs is 1. The molecule has 0 saturated carbocycles. The van der Waals surface area contributed by atoms with E-state index in [1.165, 1.54) is 50.4 Å². The van der Waals surface area contributed by atoms with Crippen LogP contribution in [0.25, 0.3) is 22.0 Å². The predicted octanol–water partition coefficient (Wildman–Crippen LogP) is 6.86. The molecule has 156 valence electrons. The Morgan fingerprint density at radius 1 is 0.867 bits per heavy atom. The average molecular weight is 401 g/mol. The summed E-state index contributed by atoms with van der Waals surface area (Å²) in [5.74, 6) is 0. The number of hydrogen-bond acceptors (Lipinski definition) is 1. The predicted molar refractivity (Wildman–Crippen MR) is 129 cm³/mol. The van der Waals surface area contributed by atoms with E-state index in [2.05, 4.69) is 91.3 Å². The van der Waals surface area contributed by atoms with Gasteiger partial charge in [-0.1, -0.05) is 31.5 Å². The van der Waals surface area contributed by atoms with Gasteiger partial charge >= 0.3 is 0 Å². The van der Waals surface area contributed by atoms with Gasteiger partial charge in [-0.25, -0.2) is 0 Å². The van der Waals surface area contributed by atoms with Crippen LogP contribution in [0.15, 0.2) is 36.4 Å². The number of hydrogen-bond donors (Lipinski definition) is 4. The third-order valence-electron chi connectivity index (χ3n) is 5.90. The molecule has 0 radical (unpaired) electrons. The first-order valence-electron chi connectivity index (χ1n) is 10.8. The number of nitrogens with one attached hydrogen (secondary N) is 4. The van der Waals surface area contributed by atoms with Gasteiger partial charge in [0, 0.05) is 51.9 Å². The van der Waals surface area contributed by atoms with Crippen LogP contribution < -0.4 is 5.32 Å². The summed E-state index contributed by atoms with van der Waals surface area (Å²) >= 11 is 0. The number of rotatable bonds is 6. The highest BCUT2D eigenvalue weighted by atomic mass is 14.9. The first-order valence-corrected chi connectivity index (χ1v) is 10.8. The van der Waals surface area contributed by atoms with Crippen LogP contribution >= 0.6 is 0 Å². The monoisotopic (exact) mass is 400 g/mol. The van der Waals surface area contributed by atoms with Crippen molar-refractivity contribution in [2.45, 2.75) is 47.5 Å². The fourth-order valence-electron chi connectivity index (χ4n) is 4.70. The average Bonchev–Trinajstić information content (AvgIpc) is 3.35. The molecule has 4 rings (SSSR count). The van der Waals surface area contributed by atoms with Crippen LogP contribution in [-0.4, -0.2) is 22.0 Å². The van der Waals surface area contributed by atoms with E-state index in [9.17, 15) is 0 Å². The van der Waals surface area contributed by atoms with Gasteiger partial charge in [-0.3, -0.25) is 0 Å². The number of aromatic amines is 3. The van der Waals surface area contributed by atoms with Gasteiger partial charge in [0.2, 0.25) is 0 Å². The molecule has 3 heterocycles. The number of aromatic nitrogens is 3. The zero-order chi connectivity index (χ0) is 21.4. The van der Waals surface area contributed by atoms with Gasteiger partial charge in [0.25, 0.3) is 0 Å². The maximum Gasteiger partial charge on any atom is 0.0710 e. The van der Waals surface area contributed by atoms with Crippen molar-refractivity contribution in [1.82, 2.24) is 15.0 Å². The molecule has 0 aliphatic rings. The van der Waals surface area contributed by atoms with Crippen molar-refractivity contribution in [1.29, 1.82) is 0 Å². The molecule has 0 aliphatic carbocycles. The first-order chi connectivity index (χ1) is 14.4. The summed E-state index contributed by atoms with van der Waals surface area (Å²) in [6, 6.07) is 13.1. The van der Waals surface area contributed by atoms with Crippen molar-refractivity contribution < 1.29 is 0 Å². The summed E-state index contributed by atoms with van der Waals surface area (Å²) < 4.78 is 0. The van der Waals surface area contributed by atoms with E-state index in [0.29, 0.717) is 0 Å². The first kappa shape index (κ1) is 20.1. The quantitative estimate of drug-likeness (QED) is 0.281. The zero-order valence-electron chi connectivity index (χ0n) is 18.9. The third-order valence-corrected chi connectivity index (χ3v) is 5.90. The third kappa shape index (κ3) is 3.36. The van der Waals surface area contributed by atoms with Gasteiger partial charge in [0.15, 0.2) is 0 Å². The van der Waals surface area contributed by atoms with Gasteiger partial charge in [-0.15, -0.1) is 0 Å². The lowest BCUT2D eigenvalue weighted by Crippen LogP contribution is -2.00. The van der Waals surface area contributed by atoms with Gasteiger partial charge in [-0.05, 0) is 63.5 Å². The molecule has 0 fully saturated rings. The molecule has 0 atom stereocenters. The minimum absolute atomic E-state index is 1.01. The molecule has 0 aliphatic heterocycles. The Hall–Kier alpha value is -3.14. The van der Waals surface area contributed by atoms with Crippen molar-refractivity contribution in [2.75, 3.05) is 12.4 Å². The molecule has 0 amide bonds. The van der Waals surface area contributed by atoms with E-state index in [4.69, 9.17) is 0 Å². The molecule has 0 bridgehead atoms. The smallest absolute Gasteiger partial charge is 0.0710 e. The number of H-pyrrole nitrogens is 3. The van der Waals surface area contributed by atoms with E-state index < -0.39 is 0 Å².